The van der Waals surface area contributed by atoms with E-state index in [4.69, 9.17) is 0 Å². The second-order valence-corrected chi connectivity index (χ2v) is 4.70. The van der Waals surface area contributed by atoms with Gasteiger partial charge in [0.15, 0.2) is 0 Å². The second kappa shape index (κ2) is 4.02. The van der Waals surface area contributed by atoms with E-state index in [2.05, 4.69) is 0 Å². The quantitative estimate of drug-likeness (QED) is 0.820. The molecule has 0 bridgehead atoms. The lowest BCUT2D eigenvalue weighted by Crippen LogP contribution is -2.23. The van der Waals surface area contributed by atoms with Crippen LogP contribution in [0, 0.1) is 5.82 Å². The minimum absolute atomic E-state index is 0.143. The van der Waals surface area contributed by atoms with Gasteiger partial charge in [-0.15, -0.1) is 0 Å². The Morgan fingerprint density at radius 1 is 1.25 bits per heavy atom. The number of hydrogen-bond acceptors (Lipinski definition) is 2. The molecule has 0 heterocycles. The summed E-state index contributed by atoms with van der Waals surface area (Å²) in [4.78, 5) is -0.996. The molecule has 0 saturated heterocycles. The van der Waals surface area contributed by atoms with Crippen LogP contribution in [0.2, 0.25) is 0 Å². The van der Waals surface area contributed by atoms with Crippen LogP contribution in [0.1, 0.15) is 5.56 Å². The number of benzene rings is 1. The minimum Gasteiger partial charge on any atom is -0.214 e. The van der Waals surface area contributed by atoms with Crippen molar-refractivity contribution in [3.8, 4) is 0 Å². The highest BCUT2D eigenvalue weighted by Gasteiger charge is 2.37. The number of nitrogens with one attached hydrogen (secondary N) is 1. The van der Waals surface area contributed by atoms with Crippen LogP contribution >= 0.6 is 0 Å². The predicted molar refractivity (Wildman–Crippen MR) is 47.6 cm³/mol. The van der Waals surface area contributed by atoms with Gasteiger partial charge in [-0.05, 0) is 25.2 Å². The summed E-state index contributed by atoms with van der Waals surface area (Å²) in [6.07, 6.45) is -4.93. The van der Waals surface area contributed by atoms with Gasteiger partial charge < -0.3 is 0 Å². The first-order chi connectivity index (χ1) is 7.18. The van der Waals surface area contributed by atoms with Crippen LogP contribution in [0.25, 0.3) is 0 Å². The largest absolute Gasteiger partial charge is 0.417 e. The van der Waals surface area contributed by atoms with Crippen molar-refractivity contribution in [3.63, 3.8) is 0 Å². The Balaban J connectivity index is 3.53. The van der Waals surface area contributed by atoms with Crippen molar-refractivity contribution in [1.29, 1.82) is 0 Å². The van der Waals surface area contributed by atoms with Gasteiger partial charge in [0.05, 0.1) is 10.5 Å². The Bertz CT molecular complexity index is 495. The minimum atomic E-state index is -4.93. The van der Waals surface area contributed by atoms with E-state index in [0.717, 1.165) is 7.05 Å². The van der Waals surface area contributed by atoms with Crippen LogP contribution in [0.4, 0.5) is 17.6 Å². The third kappa shape index (κ3) is 2.50. The van der Waals surface area contributed by atoms with Gasteiger partial charge in [0.1, 0.15) is 5.82 Å². The van der Waals surface area contributed by atoms with E-state index in [1.54, 1.807) is 4.72 Å². The summed E-state index contributed by atoms with van der Waals surface area (Å²) in [5.41, 5.74) is -1.53. The molecule has 0 radical (unpaired) electrons. The van der Waals surface area contributed by atoms with Gasteiger partial charge in [0, 0.05) is 0 Å². The summed E-state index contributed by atoms with van der Waals surface area (Å²) in [6, 6.07) is 1.37. The maximum atomic E-state index is 12.7. The molecule has 0 fully saturated rings. The normalized spacial score (nSPS) is 12.8. The zero-order valence-corrected chi connectivity index (χ0v) is 8.79. The number of halogens is 4. The van der Waals surface area contributed by atoms with E-state index in [1.807, 2.05) is 0 Å². The fourth-order valence-corrected chi connectivity index (χ4v) is 2.00. The van der Waals surface area contributed by atoms with Crippen molar-refractivity contribution in [2.75, 3.05) is 7.05 Å². The van der Waals surface area contributed by atoms with Crippen LogP contribution in [0.5, 0.6) is 0 Å². The molecule has 0 saturated carbocycles. The number of sulfonamides is 1. The van der Waals surface area contributed by atoms with Crippen LogP contribution in [0.3, 0.4) is 0 Å². The smallest absolute Gasteiger partial charge is 0.214 e. The van der Waals surface area contributed by atoms with E-state index in [1.165, 1.54) is 0 Å². The highest BCUT2D eigenvalue weighted by Crippen LogP contribution is 2.34. The zero-order valence-electron chi connectivity index (χ0n) is 7.97. The van der Waals surface area contributed by atoms with Crippen LogP contribution in [-0.4, -0.2) is 15.5 Å². The first kappa shape index (κ1) is 12.9. The Labute approximate surface area is 89.1 Å². The second-order valence-electron chi connectivity index (χ2n) is 2.85. The van der Waals surface area contributed by atoms with Crippen molar-refractivity contribution >= 4 is 10.0 Å². The molecule has 0 aliphatic carbocycles. The molecule has 0 unspecified atom stereocenters. The van der Waals surface area contributed by atoms with E-state index in [9.17, 15) is 26.0 Å². The standard InChI is InChI=1S/C8H7F4NO2S/c1-13-16(14,15)7-3-2-5(9)4-6(7)8(10,11)12/h2-4,13H,1H3. The molecule has 90 valence electrons. The van der Waals surface area contributed by atoms with Gasteiger partial charge in [-0.3, -0.25) is 0 Å². The predicted octanol–water partition coefficient (Wildman–Crippen LogP) is 1.75. The van der Waals surface area contributed by atoms with Crippen molar-refractivity contribution < 1.29 is 26.0 Å². The summed E-state index contributed by atoms with van der Waals surface area (Å²) in [6.45, 7) is 0. The first-order valence-electron chi connectivity index (χ1n) is 3.99. The van der Waals surface area contributed by atoms with Crippen LogP contribution in [0.15, 0.2) is 23.1 Å². The van der Waals surface area contributed by atoms with Gasteiger partial charge in [-0.25, -0.2) is 17.5 Å². The molecular weight excluding hydrogens is 250 g/mol. The number of hydrogen-bond donors (Lipinski definition) is 1. The number of alkyl halides is 3. The molecule has 1 aromatic rings. The van der Waals surface area contributed by atoms with Crippen LogP contribution < -0.4 is 4.72 Å². The van der Waals surface area contributed by atoms with Gasteiger partial charge in [0.2, 0.25) is 10.0 Å². The Morgan fingerprint density at radius 3 is 2.25 bits per heavy atom. The van der Waals surface area contributed by atoms with Crippen molar-refractivity contribution in [1.82, 2.24) is 4.72 Å². The molecule has 1 aromatic carbocycles. The van der Waals surface area contributed by atoms with Gasteiger partial charge >= 0.3 is 6.18 Å². The van der Waals surface area contributed by atoms with E-state index >= 15 is 0 Å². The first-order valence-corrected chi connectivity index (χ1v) is 5.47. The lowest BCUT2D eigenvalue weighted by atomic mass is 10.2. The van der Waals surface area contributed by atoms with Gasteiger partial charge in [-0.1, -0.05) is 0 Å². The highest BCUT2D eigenvalue weighted by atomic mass is 32.2. The molecule has 3 nitrogen and oxygen atoms in total. The average Bonchev–Trinajstić information content (AvgIpc) is 2.16. The molecule has 1 rings (SSSR count). The highest BCUT2D eigenvalue weighted by molar-refractivity contribution is 7.89. The van der Waals surface area contributed by atoms with E-state index in [0.29, 0.717) is 12.1 Å². The fourth-order valence-electron chi connectivity index (χ4n) is 1.07. The van der Waals surface area contributed by atoms with Gasteiger partial charge in [0.25, 0.3) is 0 Å². The van der Waals surface area contributed by atoms with E-state index in [-0.39, 0.29) is 6.07 Å². The molecule has 0 amide bonds. The van der Waals surface area contributed by atoms with Crippen molar-refractivity contribution in [3.05, 3.63) is 29.6 Å². The average molecular weight is 257 g/mol. The molecule has 0 atom stereocenters. The lowest BCUT2D eigenvalue weighted by molar-refractivity contribution is -0.140. The summed E-state index contributed by atoms with van der Waals surface area (Å²) in [7, 11) is -3.29. The Hall–Kier alpha value is -1.15. The summed E-state index contributed by atoms with van der Waals surface area (Å²) in [5.74, 6) is -1.15. The molecule has 8 heteroatoms. The fraction of sp³-hybridized carbons (Fsp3) is 0.250. The Morgan fingerprint density at radius 2 is 1.81 bits per heavy atom. The lowest BCUT2D eigenvalue weighted by Gasteiger charge is -2.12. The molecular formula is C8H7F4NO2S. The number of rotatable bonds is 2. The molecule has 0 spiro atoms. The maximum absolute atomic E-state index is 12.7. The van der Waals surface area contributed by atoms with Crippen LogP contribution in [-0.2, 0) is 16.2 Å². The third-order valence-electron chi connectivity index (χ3n) is 1.81. The molecule has 0 aliphatic heterocycles. The molecule has 0 aromatic heterocycles. The topological polar surface area (TPSA) is 46.2 Å². The van der Waals surface area contributed by atoms with Crippen molar-refractivity contribution in [2.24, 2.45) is 0 Å². The van der Waals surface area contributed by atoms with Gasteiger partial charge in [-0.2, -0.15) is 13.2 Å². The zero-order chi connectivity index (χ0) is 12.6. The summed E-state index contributed by atoms with van der Waals surface area (Å²) < 4.78 is 74.2. The third-order valence-corrected chi connectivity index (χ3v) is 3.28. The maximum Gasteiger partial charge on any atom is 0.417 e. The molecule has 16 heavy (non-hydrogen) atoms. The molecule has 0 aliphatic rings. The van der Waals surface area contributed by atoms with E-state index < -0.39 is 32.5 Å². The summed E-state index contributed by atoms with van der Waals surface area (Å²) >= 11 is 0. The summed E-state index contributed by atoms with van der Waals surface area (Å²) in [5, 5.41) is 0. The monoisotopic (exact) mass is 257 g/mol. The Kier molecular flexibility index (Phi) is 3.25. The van der Waals surface area contributed by atoms with Crippen molar-refractivity contribution in [2.45, 2.75) is 11.1 Å². The molecule has 1 N–H and O–H groups in total. The SMILES string of the molecule is CNS(=O)(=O)c1ccc(F)cc1C(F)(F)F.